The van der Waals surface area contributed by atoms with Crippen LogP contribution in [0.2, 0.25) is 0 Å². The number of carbonyl (C=O) groups excluding carboxylic acids is 1. The summed E-state index contributed by atoms with van der Waals surface area (Å²) in [6, 6.07) is 18.4. The molecule has 0 aromatic heterocycles. The van der Waals surface area contributed by atoms with E-state index in [0.717, 1.165) is 12.0 Å². The van der Waals surface area contributed by atoms with Crippen LogP contribution in [-0.4, -0.2) is 30.1 Å². The molecule has 6 nitrogen and oxygen atoms in total. The first-order chi connectivity index (χ1) is 12.8. The van der Waals surface area contributed by atoms with E-state index in [1.165, 1.54) is 11.1 Å². The number of carbonyl (C=O) groups is 1. The number of hydrogen-bond donors (Lipinski definition) is 0. The zero-order chi connectivity index (χ0) is 19.9. The van der Waals surface area contributed by atoms with E-state index in [1.54, 1.807) is 0 Å². The van der Waals surface area contributed by atoms with E-state index in [4.69, 9.17) is 0 Å². The van der Waals surface area contributed by atoms with Gasteiger partial charge >= 0.3 is 88.7 Å². The standard InChI is InChI=1S/C20H26NO5P.3Na/c1-21(12-6-11-19(20(22)23)27(24,25)26)15-18-10-5-9-17(14-18)13-16-7-3-2-4-8-16;;;/h2-5,7-10,14,19H,6,11-13,15H2,1H3,(H,22,23)(H2,24,25,26);;;/q;3*+1/p-3. The van der Waals surface area contributed by atoms with Gasteiger partial charge in [0.2, 0.25) is 0 Å². The molecule has 0 saturated heterocycles. The molecule has 0 aliphatic carbocycles. The van der Waals surface area contributed by atoms with Crippen LogP contribution in [0.25, 0.3) is 0 Å². The fourth-order valence-electron chi connectivity index (χ4n) is 3.02. The minimum Gasteiger partial charge on any atom is -0.810 e. The Balaban J connectivity index is 0. The Morgan fingerprint density at radius 3 is 2.10 bits per heavy atom. The van der Waals surface area contributed by atoms with Gasteiger partial charge < -0.3 is 29.2 Å². The van der Waals surface area contributed by atoms with Crippen molar-refractivity contribution in [1.82, 2.24) is 4.90 Å². The quantitative estimate of drug-likeness (QED) is 0.259. The number of nitrogens with zero attached hydrogens (tertiary/aromatic N) is 1. The van der Waals surface area contributed by atoms with Crippen LogP contribution in [0.1, 0.15) is 29.5 Å². The molecule has 0 saturated carbocycles. The fraction of sp³-hybridized carbons (Fsp3) is 0.350. The molecule has 2 aromatic carbocycles. The molecular formula is C20H23NNa3O5P. The monoisotopic (exact) mass is 457 g/mol. The van der Waals surface area contributed by atoms with Crippen molar-refractivity contribution in [3.63, 3.8) is 0 Å². The number of hydrogen-bond acceptors (Lipinski definition) is 6. The molecule has 1 unspecified atom stereocenters. The summed E-state index contributed by atoms with van der Waals surface area (Å²) in [6.45, 7) is 1.12. The Labute approximate surface area is 244 Å². The average Bonchev–Trinajstić information content (AvgIpc) is 2.58. The zero-order valence-corrected chi connectivity index (χ0v) is 25.1. The van der Waals surface area contributed by atoms with Gasteiger partial charge in [-0.15, -0.1) is 0 Å². The molecule has 1 atom stereocenters. The summed E-state index contributed by atoms with van der Waals surface area (Å²) in [5.74, 6) is -1.82. The first-order valence-electron chi connectivity index (χ1n) is 8.78. The molecule has 30 heavy (non-hydrogen) atoms. The molecule has 2 aromatic rings. The van der Waals surface area contributed by atoms with E-state index in [2.05, 4.69) is 24.3 Å². The van der Waals surface area contributed by atoms with Crippen molar-refractivity contribution in [2.24, 2.45) is 0 Å². The molecule has 2 rings (SSSR count). The topological polar surface area (TPSA) is 107 Å². The molecule has 0 aliphatic heterocycles. The smallest absolute Gasteiger partial charge is 0.810 e. The second-order valence-corrected chi connectivity index (χ2v) is 8.44. The molecule has 0 spiro atoms. The van der Waals surface area contributed by atoms with E-state index in [-0.39, 0.29) is 102 Å². The third-order valence-corrected chi connectivity index (χ3v) is 5.60. The second kappa shape index (κ2) is 16.6. The van der Waals surface area contributed by atoms with Crippen LogP contribution in [0.5, 0.6) is 0 Å². The van der Waals surface area contributed by atoms with Crippen molar-refractivity contribution in [3.05, 3.63) is 71.3 Å². The number of carboxylic acid groups (broad SMARTS) is 1. The molecule has 0 heterocycles. The molecule has 0 fully saturated rings. The maximum absolute atomic E-state index is 11.0. The van der Waals surface area contributed by atoms with Crippen molar-refractivity contribution < 1.29 is 113 Å². The third kappa shape index (κ3) is 12.3. The van der Waals surface area contributed by atoms with Gasteiger partial charge in [0.05, 0.1) is 0 Å². The second-order valence-electron chi connectivity index (χ2n) is 6.74. The molecule has 146 valence electrons. The number of carboxylic acids is 1. The summed E-state index contributed by atoms with van der Waals surface area (Å²) < 4.78 is 11.0. The van der Waals surface area contributed by atoms with Gasteiger partial charge in [-0.1, -0.05) is 62.2 Å². The zero-order valence-electron chi connectivity index (χ0n) is 18.2. The first kappa shape index (κ1) is 33.2. The molecule has 0 amide bonds. The molecule has 10 heteroatoms. The van der Waals surface area contributed by atoms with Crippen LogP contribution in [0, 0.1) is 0 Å². The Kier molecular flexibility index (Phi) is 18.4. The van der Waals surface area contributed by atoms with E-state index < -0.39 is 19.2 Å². The van der Waals surface area contributed by atoms with Crippen LogP contribution in [0.3, 0.4) is 0 Å². The van der Waals surface area contributed by atoms with Crippen molar-refractivity contribution >= 4 is 13.6 Å². The predicted molar refractivity (Wildman–Crippen MR) is 97.7 cm³/mol. The SMILES string of the molecule is CN(CCCC(C(=O)[O-])P(=O)([O-])[O-])Cc1cccc(Cc2ccccc2)c1.[Na+].[Na+].[Na+]. The summed E-state index contributed by atoms with van der Waals surface area (Å²) >= 11 is 0. The van der Waals surface area contributed by atoms with Gasteiger partial charge in [0.15, 0.2) is 0 Å². The maximum Gasteiger partial charge on any atom is 1.00 e. The summed E-state index contributed by atoms with van der Waals surface area (Å²) in [6.07, 6.45) is 0.895. The van der Waals surface area contributed by atoms with Gasteiger partial charge in [0, 0.05) is 18.2 Å². The molecule has 0 aliphatic rings. The van der Waals surface area contributed by atoms with Crippen molar-refractivity contribution in [3.8, 4) is 0 Å². The molecule has 0 N–H and O–H groups in total. The van der Waals surface area contributed by atoms with Gasteiger partial charge in [-0.25, -0.2) is 0 Å². The van der Waals surface area contributed by atoms with E-state index in [0.29, 0.717) is 13.1 Å². The van der Waals surface area contributed by atoms with E-state index in [1.807, 2.05) is 42.3 Å². The molecular weight excluding hydrogens is 434 g/mol. The minimum absolute atomic E-state index is 0. The van der Waals surface area contributed by atoms with Gasteiger partial charge in [-0.2, -0.15) is 0 Å². The average molecular weight is 457 g/mol. The van der Waals surface area contributed by atoms with Crippen molar-refractivity contribution in [1.29, 1.82) is 0 Å². The van der Waals surface area contributed by atoms with Gasteiger partial charge in [0.1, 0.15) is 0 Å². The van der Waals surface area contributed by atoms with Crippen LogP contribution in [0.4, 0.5) is 0 Å². The van der Waals surface area contributed by atoms with E-state index in [9.17, 15) is 24.3 Å². The Morgan fingerprint density at radius 1 is 0.967 bits per heavy atom. The van der Waals surface area contributed by atoms with Crippen molar-refractivity contribution in [2.75, 3.05) is 13.6 Å². The predicted octanol–water partition coefficient (Wildman–Crippen LogP) is -8.47. The number of aliphatic carboxylic acids is 1. The number of benzene rings is 2. The van der Waals surface area contributed by atoms with Crippen LogP contribution >= 0.6 is 7.60 Å². The van der Waals surface area contributed by atoms with Crippen LogP contribution < -0.4 is 104 Å². The Morgan fingerprint density at radius 2 is 1.53 bits per heavy atom. The minimum atomic E-state index is -5.18. The van der Waals surface area contributed by atoms with Gasteiger partial charge in [-0.05, 0) is 49.5 Å². The Hall–Kier alpha value is 1.02. The number of rotatable bonds is 10. The molecule has 0 bridgehead atoms. The van der Waals surface area contributed by atoms with Crippen LogP contribution in [0.15, 0.2) is 54.6 Å². The molecule has 0 radical (unpaired) electrons. The summed E-state index contributed by atoms with van der Waals surface area (Å²) in [5.41, 5.74) is 1.58. The first-order valence-corrected chi connectivity index (χ1v) is 10.4. The van der Waals surface area contributed by atoms with Crippen LogP contribution in [-0.2, 0) is 22.3 Å². The van der Waals surface area contributed by atoms with E-state index >= 15 is 0 Å². The Bertz CT molecular complexity index is 804. The summed E-state index contributed by atoms with van der Waals surface area (Å²) in [5, 5.41) is 10.8. The largest absolute Gasteiger partial charge is 1.00 e. The normalized spacial score (nSPS) is 11.6. The van der Waals surface area contributed by atoms with Crippen molar-refractivity contribution in [2.45, 2.75) is 31.5 Å². The summed E-state index contributed by atoms with van der Waals surface area (Å²) in [4.78, 5) is 34.7. The van der Waals surface area contributed by atoms with Gasteiger partial charge in [0.25, 0.3) is 0 Å². The summed E-state index contributed by atoms with van der Waals surface area (Å²) in [7, 11) is -3.31. The van der Waals surface area contributed by atoms with Gasteiger partial charge in [-0.3, -0.25) is 0 Å². The third-order valence-electron chi connectivity index (χ3n) is 4.37. The maximum atomic E-state index is 11.0. The fourth-order valence-corrected chi connectivity index (χ4v) is 3.78.